The summed E-state index contributed by atoms with van der Waals surface area (Å²) < 4.78 is 0. The SMILES string of the molecule is CCSCCCN1CCCC1C1CCCC1=O. The van der Waals surface area contributed by atoms with Gasteiger partial charge in [0.2, 0.25) is 0 Å². The van der Waals surface area contributed by atoms with Crippen LogP contribution >= 0.6 is 11.8 Å². The van der Waals surface area contributed by atoms with E-state index in [2.05, 4.69) is 11.8 Å². The first kappa shape index (κ1) is 13.4. The fourth-order valence-electron chi connectivity index (χ4n) is 3.35. The number of Topliss-reactive ketones (excluding diaryl/α,β-unsaturated/α-hetero) is 1. The highest BCUT2D eigenvalue weighted by Crippen LogP contribution is 2.33. The van der Waals surface area contributed by atoms with Crippen molar-refractivity contribution in [2.45, 2.75) is 51.5 Å². The van der Waals surface area contributed by atoms with Gasteiger partial charge < -0.3 is 0 Å². The maximum absolute atomic E-state index is 11.9. The molecule has 2 fully saturated rings. The minimum absolute atomic E-state index is 0.385. The van der Waals surface area contributed by atoms with Crippen molar-refractivity contribution in [2.24, 2.45) is 5.92 Å². The molecular weight excluding hydrogens is 230 g/mol. The van der Waals surface area contributed by atoms with Gasteiger partial charge in [0.05, 0.1) is 0 Å². The van der Waals surface area contributed by atoms with Gasteiger partial charge in [-0.05, 0) is 56.7 Å². The number of ketones is 1. The molecule has 2 unspecified atom stereocenters. The van der Waals surface area contributed by atoms with E-state index in [1.54, 1.807) is 0 Å². The Bertz CT molecular complexity index is 257. The van der Waals surface area contributed by atoms with Crippen LogP contribution in [0, 0.1) is 5.92 Å². The quantitative estimate of drug-likeness (QED) is 0.681. The third kappa shape index (κ3) is 3.47. The zero-order valence-electron chi connectivity index (χ0n) is 11.0. The Hall–Kier alpha value is -0.0200. The molecule has 0 N–H and O–H groups in total. The summed E-state index contributed by atoms with van der Waals surface area (Å²) in [6.45, 7) is 4.66. The van der Waals surface area contributed by atoms with Crippen LogP contribution in [0.25, 0.3) is 0 Å². The third-order valence-corrected chi connectivity index (χ3v) is 5.15. The molecule has 0 aromatic rings. The first-order chi connectivity index (χ1) is 8.33. The van der Waals surface area contributed by atoms with E-state index in [4.69, 9.17) is 0 Å². The average molecular weight is 255 g/mol. The van der Waals surface area contributed by atoms with Crippen molar-refractivity contribution in [1.82, 2.24) is 4.90 Å². The lowest BCUT2D eigenvalue weighted by Crippen LogP contribution is -2.38. The molecule has 3 heteroatoms. The van der Waals surface area contributed by atoms with E-state index < -0.39 is 0 Å². The smallest absolute Gasteiger partial charge is 0.137 e. The Kier molecular flexibility index (Phi) is 5.36. The van der Waals surface area contributed by atoms with E-state index in [0.29, 0.717) is 17.7 Å². The fourth-order valence-corrected chi connectivity index (χ4v) is 3.97. The van der Waals surface area contributed by atoms with Gasteiger partial charge in [0, 0.05) is 18.4 Å². The molecule has 0 bridgehead atoms. The second-order valence-corrected chi connectivity index (χ2v) is 6.65. The van der Waals surface area contributed by atoms with Crippen molar-refractivity contribution >= 4 is 17.5 Å². The third-order valence-electron chi connectivity index (χ3n) is 4.17. The van der Waals surface area contributed by atoms with Gasteiger partial charge in [-0.1, -0.05) is 6.92 Å². The van der Waals surface area contributed by atoms with Crippen molar-refractivity contribution in [3.05, 3.63) is 0 Å². The van der Waals surface area contributed by atoms with Gasteiger partial charge in [0.15, 0.2) is 0 Å². The van der Waals surface area contributed by atoms with Crippen LogP contribution in [0.2, 0.25) is 0 Å². The number of carbonyl (C=O) groups is 1. The molecule has 17 heavy (non-hydrogen) atoms. The van der Waals surface area contributed by atoms with Crippen LogP contribution < -0.4 is 0 Å². The minimum Gasteiger partial charge on any atom is -0.300 e. The standard InChI is InChI=1S/C14H25NOS/c1-2-17-11-5-10-15-9-4-7-13(15)12-6-3-8-14(12)16/h12-13H,2-11H2,1H3. The highest BCUT2D eigenvalue weighted by Gasteiger charge is 2.37. The van der Waals surface area contributed by atoms with E-state index in [1.165, 1.54) is 43.9 Å². The number of rotatable bonds is 6. The zero-order valence-corrected chi connectivity index (χ0v) is 11.8. The molecule has 1 aliphatic heterocycles. The van der Waals surface area contributed by atoms with Gasteiger partial charge in [0.25, 0.3) is 0 Å². The highest BCUT2D eigenvalue weighted by atomic mass is 32.2. The van der Waals surface area contributed by atoms with Crippen LogP contribution in [-0.4, -0.2) is 41.3 Å². The van der Waals surface area contributed by atoms with E-state index in [9.17, 15) is 4.79 Å². The van der Waals surface area contributed by atoms with E-state index >= 15 is 0 Å². The minimum atomic E-state index is 0.385. The Balaban J connectivity index is 1.78. The Morgan fingerprint density at radius 3 is 2.94 bits per heavy atom. The van der Waals surface area contributed by atoms with Crippen LogP contribution in [0.15, 0.2) is 0 Å². The van der Waals surface area contributed by atoms with E-state index in [1.807, 2.05) is 11.8 Å². The molecule has 1 heterocycles. The van der Waals surface area contributed by atoms with Crippen LogP contribution in [0.4, 0.5) is 0 Å². The van der Waals surface area contributed by atoms with Gasteiger partial charge in [0.1, 0.15) is 5.78 Å². The molecule has 2 aliphatic rings. The molecule has 0 radical (unpaired) electrons. The second-order valence-electron chi connectivity index (χ2n) is 5.26. The van der Waals surface area contributed by atoms with Crippen LogP contribution in [0.1, 0.15) is 45.4 Å². The molecule has 0 amide bonds. The Morgan fingerprint density at radius 2 is 2.24 bits per heavy atom. The second kappa shape index (κ2) is 6.79. The summed E-state index contributed by atoms with van der Waals surface area (Å²) in [5.74, 6) is 3.43. The van der Waals surface area contributed by atoms with Crippen molar-refractivity contribution in [3.8, 4) is 0 Å². The molecule has 98 valence electrons. The summed E-state index contributed by atoms with van der Waals surface area (Å²) in [5.41, 5.74) is 0. The lowest BCUT2D eigenvalue weighted by atomic mass is 9.95. The molecule has 0 aromatic heterocycles. The zero-order chi connectivity index (χ0) is 12.1. The van der Waals surface area contributed by atoms with Gasteiger partial charge in [-0.25, -0.2) is 0 Å². The molecule has 2 rings (SSSR count). The Morgan fingerprint density at radius 1 is 1.35 bits per heavy atom. The first-order valence-corrected chi connectivity index (χ1v) is 8.33. The number of hydrogen-bond acceptors (Lipinski definition) is 3. The van der Waals surface area contributed by atoms with Crippen molar-refractivity contribution in [1.29, 1.82) is 0 Å². The van der Waals surface area contributed by atoms with Crippen LogP contribution in [0.5, 0.6) is 0 Å². The van der Waals surface area contributed by atoms with Crippen molar-refractivity contribution in [2.75, 3.05) is 24.6 Å². The molecule has 2 atom stereocenters. The Labute approximate surface area is 110 Å². The summed E-state index contributed by atoms with van der Waals surface area (Å²) in [4.78, 5) is 14.5. The maximum Gasteiger partial charge on any atom is 0.137 e. The van der Waals surface area contributed by atoms with E-state index in [-0.39, 0.29) is 0 Å². The normalized spacial score (nSPS) is 30.3. The van der Waals surface area contributed by atoms with E-state index in [0.717, 1.165) is 19.3 Å². The first-order valence-electron chi connectivity index (χ1n) is 7.17. The van der Waals surface area contributed by atoms with Crippen LogP contribution in [0.3, 0.4) is 0 Å². The fraction of sp³-hybridized carbons (Fsp3) is 0.929. The summed E-state index contributed by atoms with van der Waals surface area (Å²) in [7, 11) is 0. The summed E-state index contributed by atoms with van der Waals surface area (Å²) in [6, 6.07) is 0.594. The average Bonchev–Trinajstić information content (AvgIpc) is 2.93. The molecular formula is C14H25NOS. The van der Waals surface area contributed by atoms with Crippen molar-refractivity contribution < 1.29 is 4.79 Å². The van der Waals surface area contributed by atoms with Gasteiger partial charge in [-0.2, -0.15) is 11.8 Å². The summed E-state index contributed by atoms with van der Waals surface area (Å²) in [6.07, 6.45) is 6.99. The molecule has 0 spiro atoms. The largest absolute Gasteiger partial charge is 0.300 e. The number of nitrogens with zero attached hydrogens (tertiary/aromatic N) is 1. The predicted octanol–water partition coefficient (Wildman–Crippen LogP) is 2.96. The molecule has 2 nitrogen and oxygen atoms in total. The number of thioether (sulfide) groups is 1. The summed E-state index contributed by atoms with van der Waals surface area (Å²) in [5, 5.41) is 0. The monoisotopic (exact) mass is 255 g/mol. The topological polar surface area (TPSA) is 20.3 Å². The maximum atomic E-state index is 11.9. The number of carbonyl (C=O) groups excluding carboxylic acids is 1. The van der Waals surface area contributed by atoms with Gasteiger partial charge in [-0.15, -0.1) is 0 Å². The van der Waals surface area contributed by atoms with Crippen molar-refractivity contribution in [3.63, 3.8) is 0 Å². The molecule has 0 aromatic carbocycles. The predicted molar refractivity (Wildman–Crippen MR) is 74.6 cm³/mol. The summed E-state index contributed by atoms with van der Waals surface area (Å²) >= 11 is 2.03. The lowest BCUT2D eigenvalue weighted by molar-refractivity contribution is -0.122. The van der Waals surface area contributed by atoms with Gasteiger partial charge in [-0.3, -0.25) is 9.69 Å². The highest BCUT2D eigenvalue weighted by molar-refractivity contribution is 7.99. The molecule has 1 saturated carbocycles. The molecule has 1 aliphatic carbocycles. The van der Waals surface area contributed by atoms with Gasteiger partial charge >= 0.3 is 0 Å². The lowest BCUT2D eigenvalue weighted by Gasteiger charge is -2.28. The van der Waals surface area contributed by atoms with Crippen LogP contribution in [-0.2, 0) is 4.79 Å². The number of hydrogen-bond donors (Lipinski definition) is 0. The number of likely N-dealkylation sites (tertiary alicyclic amines) is 1. The molecule has 1 saturated heterocycles.